The van der Waals surface area contributed by atoms with Gasteiger partial charge >= 0.3 is 5.97 Å². The second kappa shape index (κ2) is 2.04. The van der Waals surface area contributed by atoms with Crippen molar-refractivity contribution in [2.75, 3.05) is 0 Å². The summed E-state index contributed by atoms with van der Waals surface area (Å²) in [6.07, 6.45) is 0. The Bertz CT molecular complexity index is 280. The summed E-state index contributed by atoms with van der Waals surface area (Å²) in [5.74, 6) is -2.07. The first-order valence-electron chi connectivity index (χ1n) is 3.37. The third-order valence-electron chi connectivity index (χ3n) is 1.80. The zero-order valence-electron chi connectivity index (χ0n) is 5.82. The van der Waals surface area contributed by atoms with Gasteiger partial charge in [0.1, 0.15) is 0 Å². The van der Waals surface area contributed by atoms with Crippen molar-refractivity contribution in [3.63, 3.8) is 0 Å². The van der Waals surface area contributed by atoms with E-state index in [1.54, 1.807) is 12.1 Å². The van der Waals surface area contributed by atoms with Gasteiger partial charge in [-0.2, -0.15) is 0 Å². The van der Waals surface area contributed by atoms with E-state index in [0.29, 0.717) is 5.56 Å². The minimum atomic E-state index is -2.07. The molecular weight excluding hydrogens is 144 g/mol. The van der Waals surface area contributed by atoms with Crippen molar-refractivity contribution < 1.29 is 14.9 Å². The van der Waals surface area contributed by atoms with Gasteiger partial charge in [0.05, 0.1) is 6.61 Å². The fraction of sp³-hybridized carbons (Fsp3) is 0.250. The van der Waals surface area contributed by atoms with E-state index in [2.05, 4.69) is 0 Å². The van der Waals surface area contributed by atoms with Crippen molar-refractivity contribution in [2.45, 2.75) is 12.6 Å². The lowest BCUT2D eigenvalue weighted by Crippen LogP contribution is -2.22. The fourth-order valence-corrected chi connectivity index (χ4v) is 1.22. The third-order valence-corrected chi connectivity index (χ3v) is 1.80. The smallest absolute Gasteiger partial charge is 0.307 e. The average Bonchev–Trinajstić information content (AvgIpc) is 2.29. The quantitative estimate of drug-likeness (QED) is 0.526. The van der Waals surface area contributed by atoms with Crippen LogP contribution in [0.5, 0.6) is 0 Å². The summed E-state index contributed by atoms with van der Waals surface area (Å²) in [6.45, 7) is 0.267. The summed E-state index contributed by atoms with van der Waals surface area (Å²) in [5, 5.41) is 18.4. The van der Waals surface area contributed by atoms with Crippen LogP contribution in [0, 0.1) is 0 Å². The van der Waals surface area contributed by atoms with Gasteiger partial charge in [-0.15, -0.1) is 0 Å². The highest BCUT2D eigenvalue weighted by atomic mass is 16.8. The van der Waals surface area contributed by atoms with Crippen LogP contribution in [0.4, 0.5) is 0 Å². The van der Waals surface area contributed by atoms with Crippen LogP contribution in [0.1, 0.15) is 11.1 Å². The fourth-order valence-electron chi connectivity index (χ4n) is 1.22. The normalized spacial score (nSPS) is 19.8. The van der Waals surface area contributed by atoms with Crippen LogP contribution < -0.4 is 0 Å². The molecule has 3 nitrogen and oxygen atoms in total. The van der Waals surface area contributed by atoms with Crippen LogP contribution in [0.15, 0.2) is 24.3 Å². The van der Waals surface area contributed by atoms with E-state index in [9.17, 15) is 10.2 Å². The van der Waals surface area contributed by atoms with E-state index in [0.717, 1.165) is 5.56 Å². The Morgan fingerprint density at radius 1 is 1.27 bits per heavy atom. The number of rotatable bonds is 0. The molecule has 0 saturated heterocycles. The molecule has 1 aliphatic heterocycles. The molecule has 1 heterocycles. The van der Waals surface area contributed by atoms with Crippen LogP contribution in [-0.4, -0.2) is 10.2 Å². The number of hydrogen-bond donors (Lipinski definition) is 2. The Morgan fingerprint density at radius 3 is 2.73 bits per heavy atom. The summed E-state index contributed by atoms with van der Waals surface area (Å²) < 4.78 is 4.72. The maximum absolute atomic E-state index is 9.18. The van der Waals surface area contributed by atoms with Gasteiger partial charge < -0.3 is 14.9 Å². The van der Waals surface area contributed by atoms with Crippen LogP contribution in [0.25, 0.3) is 0 Å². The van der Waals surface area contributed by atoms with E-state index < -0.39 is 5.97 Å². The predicted molar refractivity (Wildman–Crippen MR) is 37.3 cm³/mol. The number of ether oxygens (including phenoxy) is 1. The van der Waals surface area contributed by atoms with Crippen molar-refractivity contribution in [1.29, 1.82) is 0 Å². The Labute approximate surface area is 63.9 Å². The minimum Gasteiger partial charge on any atom is -0.340 e. The molecule has 0 atom stereocenters. The number of fused-ring (bicyclic) bond motifs is 1. The summed E-state index contributed by atoms with van der Waals surface area (Å²) in [5.41, 5.74) is 1.28. The van der Waals surface area contributed by atoms with Crippen molar-refractivity contribution >= 4 is 0 Å². The highest BCUT2D eigenvalue weighted by molar-refractivity contribution is 5.31. The lowest BCUT2D eigenvalue weighted by atomic mass is 10.1. The van der Waals surface area contributed by atoms with Crippen LogP contribution >= 0.6 is 0 Å². The lowest BCUT2D eigenvalue weighted by Gasteiger charge is -2.13. The zero-order valence-corrected chi connectivity index (χ0v) is 5.82. The van der Waals surface area contributed by atoms with Crippen molar-refractivity contribution in [2.24, 2.45) is 0 Å². The molecule has 0 aromatic heterocycles. The standard InChI is InChI=1S/C8H8O3/c9-8(10)7-4-2-1-3-6(7)5-11-8/h1-4,9-10H,5H2. The SMILES string of the molecule is OC1(O)OCc2ccccc21. The topological polar surface area (TPSA) is 49.7 Å². The number of aliphatic hydroxyl groups is 2. The Hall–Kier alpha value is -0.900. The molecule has 0 bridgehead atoms. The molecule has 0 radical (unpaired) electrons. The number of benzene rings is 1. The second-order valence-corrected chi connectivity index (χ2v) is 2.55. The molecule has 1 aliphatic rings. The Kier molecular flexibility index (Phi) is 1.26. The van der Waals surface area contributed by atoms with Gasteiger partial charge in [-0.05, 0) is 5.56 Å². The molecule has 58 valence electrons. The molecular formula is C8H8O3. The Balaban J connectivity index is 2.56. The van der Waals surface area contributed by atoms with Gasteiger partial charge in [-0.1, -0.05) is 24.3 Å². The van der Waals surface area contributed by atoms with E-state index >= 15 is 0 Å². The van der Waals surface area contributed by atoms with E-state index in [-0.39, 0.29) is 6.61 Å². The average molecular weight is 152 g/mol. The molecule has 1 aromatic carbocycles. The second-order valence-electron chi connectivity index (χ2n) is 2.55. The van der Waals surface area contributed by atoms with E-state index in [4.69, 9.17) is 4.74 Å². The first-order valence-corrected chi connectivity index (χ1v) is 3.37. The van der Waals surface area contributed by atoms with Gasteiger partial charge in [-0.3, -0.25) is 0 Å². The monoisotopic (exact) mass is 152 g/mol. The van der Waals surface area contributed by atoms with Crippen LogP contribution in [0.2, 0.25) is 0 Å². The summed E-state index contributed by atoms with van der Waals surface area (Å²) in [6, 6.07) is 7.03. The molecule has 0 aliphatic carbocycles. The zero-order chi connectivity index (χ0) is 7.90. The van der Waals surface area contributed by atoms with Crippen molar-refractivity contribution in [1.82, 2.24) is 0 Å². The molecule has 0 amide bonds. The number of hydrogen-bond acceptors (Lipinski definition) is 3. The van der Waals surface area contributed by atoms with Crippen LogP contribution in [0.3, 0.4) is 0 Å². The summed E-state index contributed by atoms with van der Waals surface area (Å²) >= 11 is 0. The van der Waals surface area contributed by atoms with Crippen LogP contribution in [-0.2, 0) is 17.3 Å². The minimum absolute atomic E-state index is 0.267. The molecule has 2 rings (SSSR count). The van der Waals surface area contributed by atoms with Gasteiger partial charge in [-0.25, -0.2) is 0 Å². The molecule has 11 heavy (non-hydrogen) atoms. The van der Waals surface area contributed by atoms with E-state index in [1.807, 2.05) is 12.1 Å². The summed E-state index contributed by atoms with van der Waals surface area (Å²) in [7, 11) is 0. The third kappa shape index (κ3) is 0.939. The highest BCUT2D eigenvalue weighted by Crippen LogP contribution is 2.31. The molecule has 0 spiro atoms. The van der Waals surface area contributed by atoms with Gasteiger partial charge in [0.25, 0.3) is 0 Å². The Morgan fingerprint density at radius 2 is 2.00 bits per heavy atom. The molecule has 2 N–H and O–H groups in total. The van der Waals surface area contributed by atoms with Gasteiger partial charge in [0.15, 0.2) is 0 Å². The van der Waals surface area contributed by atoms with Gasteiger partial charge in [0, 0.05) is 5.56 Å². The first-order chi connectivity index (χ1) is 5.20. The first kappa shape index (κ1) is 6.79. The predicted octanol–water partition coefficient (Wildman–Crippen LogP) is 0.312. The molecule has 0 saturated carbocycles. The van der Waals surface area contributed by atoms with Crippen molar-refractivity contribution in [3.05, 3.63) is 35.4 Å². The van der Waals surface area contributed by atoms with Crippen molar-refractivity contribution in [3.8, 4) is 0 Å². The molecule has 3 heteroatoms. The maximum Gasteiger partial charge on any atom is 0.307 e. The molecule has 0 fully saturated rings. The van der Waals surface area contributed by atoms with Gasteiger partial charge in [0.2, 0.25) is 0 Å². The molecule has 1 aromatic rings. The molecule has 0 unspecified atom stereocenters. The lowest BCUT2D eigenvalue weighted by molar-refractivity contribution is -0.342. The highest BCUT2D eigenvalue weighted by Gasteiger charge is 2.35. The largest absolute Gasteiger partial charge is 0.340 e. The maximum atomic E-state index is 9.18. The van der Waals surface area contributed by atoms with E-state index in [1.165, 1.54) is 0 Å². The summed E-state index contributed by atoms with van der Waals surface area (Å²) in [4.78, 5) is 0.